The number of carbonyl (C=O) groups is 3. The maximum atomic E-state index is 12.5. The lowest BCUT2D eigenvalue weighted by atomic mass is 9.95. The fourth-order valence-corrected chi connectivity index (χ4v) is 2.41. The molecule has 0 aliphatic heterocycles. The van der Waals surface area contributed by atoms with Crippen molar-refractivity contribution < 1.29 is 30.0 Å². The van der Waals surface area contributed by atoms with E-state index in [-0.39, 0.29) is 5.78 Å². The molecule has 3 atom stereocenters. The second-order valence-electron chi connectivity index (χ2n) is 6.13. The lowest BCUT2D eigenvalue weighted by Gasteiger charge is -2.18. The number of rotatable bonds is 7. The molecule has 0 saturated carbocycles. The van der Waals surface area contributed by atoms with Gasteiger partial charge in [0.25, 0.3) is 0 Å². The second-order valence-corrected chi connectivity index (χ2v) is 6.13. The number of benzene rings is 2. The van der Waals surface area contributed by atoms with Crippen molar-refractivity contribution in [2.24, 2.45) is 0 Å². The van der Waals surface area contributed by atoms with Gasteiger partial charge in [0.05, 0.1) is 5.92 Å². The summed E-state index contributed by atoms with van der Waals surface area (Å²) in [5.41, 5.74) is 5.14. The highest BCUT2D eigenvalue weighted by Crippen LogP contribution is 2.21. The van der Waals surface area contributed by atoms with Gasteiger partial charge in [0.2, 0.25) is 6.04 Å². The highest BCUT2D eigenvalue weighted by molar-refractivity contribution is 6.09. The van der Waals surface area contributed by atoms with E-state index in [9.17, 15) is 14.4 Å². The van der Waals surface area contributed by atoms with E-state index in [2.05, 4.69) is 5.73 Å². The Labute approximate surface area is 151 Å². The summed E-state index contributed by atoms with van der Waals surface area (Å²) in [6, 6.07) is 14.6. The van der Waals surface area contributed by atoms with Gasteiger partial charge in [0, 0.05) is 11.1 Å². The van der Waals surface area contributed by atoms with Crippen LogP contribution in [-0.2, 0) is 14.3 Å². The van der Waals surface area contributed by atoms with E-state index in [0.29, 0.717) is 16.7 Å². The van der Waals surface area contributed by atoms with Gasteiger partial charge in [0.15, 0.2) is 11.9 Å². The van der Waals surface area contributed by atoms with Crippen LogP contribution in [0.4, 0.5) is 0 Å². The summed E-state index contributed by atoms with van der Waals surface area (Å²) in [5, 5.41) is 8.94. The largest absolute Gasteiger partial charge is 0.477 e. The third-order valence-electron chi connectivity index (χ3n) is 4.22. The molecule has 0 saturated heterocycles. The number of ether oxygens (including phenoxy) is 1. The van der Waals surface area contributed by atoms with Crippen molar-refractivity contribution in [3.63, 3.8) is 0 Å². The van der Waals surface area contributed by atoms with Crippen LogP contribution in [0.25, 0.3) is 0 Å². The number of hydrogen-bond donors (Lipinski definition) is 2. The summed E-state index contributed by atoms with van der Waals surface area (Å²) in [5.74, 6) is -2.46. The molecule has 0 bridgehead atoms. The molecule has 6 heteroatoms. The van der Waals surface area contributed by atoms with Crippen LogP contribution in [0.3, 0.4) is 0 Å². The van der Waals surface area contributed by atoms with Crippen LogP contribution >= 0.6 is 0 Å². The van der Waals surface area contributed by atoms with Crippen LogP contribution in [0.1, 0.15) is 41.3 Å². The number of quaternary nitrogens is 1. The van der Waals surface area contributed by atoms with Crippen LogP contribution in [-0.4, -0.2) is 35.0 Å². The molecule has 0 unspecified atom stereocenters. The van der Waals surface area contributed by atoms with E-state index in [0.717, 1.165) is 0 Å². The summed E-state index contributed by atoms with van der Waals surface area (Å²) in [6.07, 6.45) is -0.850. The minimum absolute atomic E-state index is 0.134. The first kappa shape index (κ1) is 19.3. The van der Waals surface area contributed by atoms with Crippen molar-refractivity contribution in [3.05, 3.63) is 71.3 Å². The number of carboxylic acids is 1. The van der Waals surface area contributed by atoms with Gasteiger partial charge in [-0.1, -0.05) is 48.5 Å². The lowest BCUT2D eigenvalue weighted by Crippen LogP contribution is -2.70. The molecule has 0 spiro atoms. The van der Waals surface area contributed by atoms with Gasteiger partial charge < -0.3 is 15.6 Å². The molecular formula is C20H22NO5+. The predicted octanol–water partition coefficient (Wildman–Crippen LogP) is 1.65. The Morgan fingerprint density at radius 3 is 2.19 bits per heavy atom. The topological polar surface area (TPSA) is 108 Å². The smallest absolute Gasteiger partial charge is 0.366 e. The predicted molar refractivity (Wildman–Crippen MR) is 94.6 cm³/mol. The van der Waals surface area contributed by atoms with Crippen molar-refractivity contribution in [2.75, 3.05) is 0 Å². The number of aliphatic carboxylic acids is 1. The van der Waals surface area contributed by atoms with Gasteiger partial charge in [-0.3, -0.25) is 9.59 Å². The molecule has 0 aliphatic carbocycles. The first-order chi connectivity index (χ1) is 12.3. The lowest BCUT2D eigenvalue weighted by molar-refractivity contribution is -0.423. The van der Waals surface area contributed by atoms with Crippen LogP contribution in [0.15, 0.2) is 54.6 Å². The minimum Gasteiger partial charge on any atom is -0.477 e. The average Bonchev–Trinajstić information content (AvgIpc) is 2.66. The van der Waals surface area contributed by atoms with Crippen molar-refractivity contribution in [1.82, 2.24) is 0 Å². The van der Waals surface area contributed by atoms with Crippen molar-refractivity contribution in [1.29, 1.82) is 0 Å². The third kappa shape index (κ3) is 4.55. The van der Waals surface area contributed by atoms with Gasteiger partial charge >= 0.3 is 11.9 Å². The van der Waals surface area contributed by atoms with Gasteiger partial charge in [0.1, 0.15) is 0 Å². The maximum Gasteiger partial charge on any atom is 0.366 e. The zero-order chi connectivity index (χ0) is 19.3. The number of carboxylic acid groups (broad SMARTS) is 1. The Bertz CT molecular complexity index is 803. The summed E-state index contributed by atoms with van der Waals surface area (Å²) in [4.78, 5) is 35.8. The van der Waals surface area contributed by atoms with Crippen LogP contribution in [0.2, 0.25) is 0 Å². The minimum atomic E-state index is -1.13. The van der Waals surface area contributed by atoms with Crippen LogP contribution in [0.5, 0.6) is 0 Å². The Morgan fingerprint density at radius 2 is 1.58 bits per heavy atom. The van der Waals surface area contributed by atoms with E-state index in [4.69, 9.17) is 9.84 Å². The van der Waals surface area contributed by atoms with Gasteiger partial charge in [-0.2, -0.15) is 0 Å². The molecule has 0 radical (unpaired) electrons. The van der Waals surface area contributed by atoms with E-state index in [1.54, 1.807) is 55.5 Å². The standard InChI is InChI=1S/C20H21NO5/c1-12(20(25)26-13(2)17(21)19(23)24)15-9-6-10-16(11-15)18(22)14-7-4-3-5-8-14/h3-13,17H,21H2,1-2H3,(H,23,24)/p+1/t12-,13-,17+/m1/s1. The molecule has 26 heavy (non-hydrogen) atoms. The number of hydrogen-bond acceptors (Lipinski definition) is 4. The molecule has 0 amide bonds. The van der Waals surface area contributed by atoms with E-state index >= 15 is 0 Å². The Morgan fingerprint density at radius 1 is 0.962 bits per heavy atom. The van der Waals surface area contributed by atoms with E-state index in [1.807, 2.05) is 6.07 Å². The molecule has 4 N–H and O–H groups in total. The Hall–Kier alpha value is -2.99. The summed E-state index contributed by atoms with van der Waals surface area (Å²) >= 11 is 0. The molecule has 6 nitrogen and oxygen atoms in total. The molecule has 0 heterocycles. The molecule has 2 rings (SSSR count). The van der Waals surface area contributed by atoms with E-state index in [1.165, 1.54) is 6.92 Å². The Kier molecular flexibility index (Phi) is 6.25. The summed E-state index contributed by atoms with van der Waals surface area (Å²) < 4.78 is 5.21. The molecule has 136 valence electrons. The average molecular weight is 356 g/mol. The zero-order valence-corrected chi connectivity index (χ0v) is 14.7. The van der Waals surface area contributed by atoms with Crippen molar-refractivity contribution >= 4 is 17.7 Å². The molecule has 0 aromatic heterocycles. The fraction of sp³-hybridized carbons (Fsp3) is 0.250. The highest BCUT2D eigenvalue weighted by atomic mass is 16.5. The fourth-order valence-electron chi connectivity index (χ4n) is 2.41. The van der Waals surface area contributed by atoms with Gasteiger partial charge in [-0.25, -0.2) is 4.79 Å². The number of esters is 1. The van der Waals surface area contributed by atoms with Crippen molar-refractivity contribution in [3.8, 4) is 0 Å². The third-order valence-corrected chi connectivity index (χ3v) is 4.22. The zero-order valence-electron chi connectivity index (χ0n) is 14.7. The monoisotopic (exact) mass is 356 g/mol. The molecule has 0 aliphatic rings. The first-order valence-corrected chi connectivity index (χ1v) is 8.27. The SMILES string of the molecule is C[C@@H](C(=O)O[C@H](C)[C@H]([NH3+])C(=O)O)c1cccc(C(=O)c2ccccc2)c1. The second kappa shape index (κ2) is 8.40. The van der Waals surface area contributed by atoms with Crippen LogP contribution in [0, 0.1) is 0 Å². The van der Waals surface area contributed by atoms with E-state index < -0.39 is 30.0 Å². The molecule has 2 aromatic carbocycles. The summed E-state index contributed by atoms with van der Waals surface area (Å²) in [7, 11) is 0. The highest BCUT2D eigenvalue weighted by Gasteiger charge is 2.29. The normalized spacial score (nSPS) is 14.1. The van der Waals surface area contributed by atoms with Crippen LogP contribution < -0.4 is 5.73 Å². The quantitative estimate of drug-likeness (QED) is 0.579. The summed E-state index contributed by atoms with van der Waals surface area (Å²) in [6.45, 7) is 3.14. The molecule has 0 fully saturated rings. The molecular weight excluding hydrogens is 334 g/mol. The molecule has 2 aromatic rings. The first-order valence-electron chi connectivity index (χ1n) is 8.27. The van der Waals surface area contributed by atoms with Gasteiger partial charge in [-0.05, 0) is 25.5 Å². The number of ketones is 1. The maximum absolute atomic E-state index is 12.5. The Balaban J connectivity index is 2.15. The van der Waals surface area contributed by atoms with Crippen molar-refractivity contribution in [2.45, 2.75) is 31.9 Å². The van der Waals surface area contributed by atoms with Gasteiger partial charge in [-0.15, -0.1) is 0 Å². The number of carbonyl (C=O) groups excluding carboxylic acids is 2.